The number of aromatic nitrogens is 2. The average molecular weight is 425 g/mol. The van der Waals surface area contributed by atoms with Crippen molar-refractivity contribution in [3.8, 4) is 0 Å². The molecule has 30 heavy (non-hydrogen) atoms. The van der Waals surface area contributed by atoms with Crippen molar-refractivity contribution < 1.29 is 8.42 Å². The number of hydrogen-bond acceptors (Lipinski definition) is 6. The van der Waals surface area contributed by atoms with Gasteiger partial charge in [-0.25, -0.2) is 4.98 Å². The van der Waals surface area contributed by atoms with E-state index in [-0.39, 0.29) is 0 Å². The van der Waals surface area contributed by atoms with E-state index in [1.165, 1.54) is 9.87 Å². The molecule has 0 saturated carbocycles. The Hall–Kier alpha value is -2.75. The van der Waals surface area contributed by atoms with Crippen molar-refractivity contribution in [2.75, 3.05) is 42.3 Å². The highest BCUT2D eigenvalue weighted by atomic mass is 32.2. The topological polar surface area (TPSA) is 90.5 Å². The van der Waals surface area contributed by atoms with Crippen LogP contribution in [0.2, 0.25) is 0 Å². The minimum absolute atomic E-state index is 0.327. The zero-order chi connectivity index (χ0) is 20.6. The standard InChI is InChI=1S/C21H24N6O2S/c28-30(29,27-12-9-16-5-1-2-6-17(16)15-27)25-20-18-7-3-4-8-19(18)23-21(24-20)26-13-10-22-11-14-26/h1-8,22H,9-15H2,(H,23,24,25). The fourth-order valence-electron chi connectivity index (χ4n) is 4.01. The van der Waals surface area contributed by atoms with Gasteiger partial charge in [-0.2, -0.15) is 17.7 Å². The lowest BCUT2D eigenvalue weighted by atomic mass is 10.0. The van der Waals surface area contributed by atoms with E-state index < -0.39 is 10.2 Å². The Morgan fingerprint density at radius 1 is 0.900 bits per heavy atom. The molecule has 3 aromatic rings. The molecule has 0 aliphatic carbocycles. The molecule has 0 atom stereocenters. The quantitative estimate of drug-likeness (QED) is 0.663. The van der Waals surface area contributed by atoms with Crippen LogP contribution in [0.1, 0.15) is 11.1 Å². The normalized spacial score (nSPS) is 17.7. The first-order valence-corrected chi connectivity index (χ1v) is 11.6. The van der Waals surface area contributed by atoms with Crippen LogP contribution in [0.4, 0.5) is 11.8 Å². The summed E-state index contributed by atoms with van der Waals surface area (Å²) < 4.78 is 30.7. The molecule has 0 spiro atoms. The second kappa shape index (κ2) is 7.82. The molecule has 0 unspecified atom stereocenters. The number of rotatable bonds is 4. The molecule has 0 radical (unpaired) electrons. The Morgan fingerprint density at radius 2 is 1.63 bits per heavy atom. The first-order chi connectivity index (χ1) is 14.6. The molecule has 5 rings (SSSR count). The van der Waals surface area contributed by atoms with Gasteiger partial charge >= 0.3 is 10.2 Å². The summed E-state index contributed by atoms with van der Waals surface area (Å²) in [5.74, 6) is 0.880. The summed E-state index contributed by atoms with van der Waals surface area (Å²) in [5, 5.41) is 4.00. The fourth-order valence-corrected chi connectivity index (χ4v) is 5.18. The Labute approximate surface area is 176 Å². The number of para-hydroxylation sites is 1. The molecular formula is C21H24N6O2S. The van der Waals surface area contributed by atoms with Gasteiger partial charge in [-0.1, -0.05) is 36.4 Å². The number of nitrogens with zero attached hydrogens (tertiary/aromatic N) is 4. The lowest BCUT2D eigenvalue weighted by Crippen LogP contribution is -2.44. The van der Waals surface area contributed by atoms with E-state index in [1.54, 1.807) is 0 Å². The highest BCUT2D eigenvalue weighted by molar-refractivity contribution is 7.90. The summed E-state index contributed by atoms with van der Waals surface area (Å²) >= 11 is 0. The van der Waals surface area contributed by atoms with Gasteiger partial charge in [-0.05, 0) is 29.7 Å². The van der Waals surface area contributed by atoms with Crippen molar-refractivity contribution in [3.05, 3.63) is 59.7 Å². The minimum Gasteiger partial charge on any atom is -0.338 e. The number of anilines is 2. The third-order valence-corrected chi connectivity index (χ3v) is 7.10. The maximum Gasteiger partial charge on any atom is 0.303 e. The molecule has 2 aliphatic rings. The van der Waals surface area contributed by atoms with Crippen LogP contribution in [0.3, 0.4) is 0 Å². The van der Waals surface area contributed by atoms with Crippen molar-refractivity contribution in [1.29, 1.82) is 0 Å². The summed E-state index contributed by atoms with van der Waals surface area (Å²) in [6, 6.07) is 15.5. The van der Waals surface area contributed by atoms with E-state index in [4.69, 9.17) is 0 Å². The Morgan fingerprint density at radius 3 is 2.47 bits per heavy atom. The van der Waals surface area contributed by atoms with E-state index in [2.05, 4.69) is 31.0 Å². The third kappa shape index (κ3) is 3.71. The zero-order valence-corrected chi connectivity index (χ0v) is 17.4. The summed E-state index contributed by atoms with van der Waals surface area (Å²) in [5.41, 5.74) is 2.98. The van der Waals surface area contributed by atoms with E-state index in [0.29, 0.717) is 36.7 Å². The molecule has 9 heteroatoms. The van der Waals surface area contributed by atoms with Crippen molar-refractivity contribution in [1.82, 2.24) is 19.6 Å². The van der Waals surface area contributed by atoms with Gasteiger partial charge in [0.1, 0.15) is 0 Å². The molecule has 1 fully saturated rings. The Kier molecular flexibility index (Phi) is 5.01. The van der Waals surface area contributed by atoms with Gasteiger partial charge in [0.15, 0.2) is 5.82 Å². The van der Waals surface area contributed by atoms with Gasteiger partial charge in [-0.15, -0.1) is 0 Å². The van der Waals surface area contributed by atoms with Crippen LogP contribution in [0.25, 0.3) is 10.9 Å². The minimum atomic E-state index is -3.76. The number of fused-ring (bicyclic) bond motifs is 2. The highest BCUT2D eigenvalue weighted by Gasteiger charge is 2.28. The SMILES string of the molecule is O=S(=O)(Nc1nc(N2CCNCC2)nc2ccccc12)N1CCc2ccccc2C1. The smallest absolute Gasteiger partial charge is 0.303 e. The fraction of sp³-hybridized carbons (Fsp3) is 0.333. The summed E-state index contributed by atoms with van der Waals surface area (Å²) in [6.07, 6.45) is 0.702. The van der Waals surface area contributed by atoms with Gasteiger partial charge in [0.05, 0.1) is 5.52 Å². The van der Waals surface area contributed by atoms with Crippen LogP contribution in [0.15, 0.2) is 48.5 Å². The monoisotopic (exact) mass is 424 g/mol. The van der Waals surface area contributed by atoms with Gasteiger partial charge in [0.2, 0.25) is 5.95 Å². The first kappa shape index (κ1) is 19.2. The van der Waals surface area contributed by atoms with Gasteiger partial charge in [0, 0.05) is 44.7 Å². The summed E-state index contributed by atoms with van der Waals surface area (Å²) in [6.45, 7) is 4.08. The highest BCUT2D eigenvalue weighted by Crippen LogP contribution is 2.27. The maximum atomic E-state index is 13.2. The first-order valence-electron chi connectivity index (χ1n) is 10.2. The largest absolute Gasteiger partial charge is 0.338 e. The van der Waals surface area contributed by atoms with Gasteiger partial charge in [-0.3, -0.25) is 4.72 Å². The van der Waals surface area contributed by atoms with Crippen molar-refractivity contribution in [3.63, 3.8) is 0 Å². The van der Waals surface area contributed by atoms with Crippen molar-refractivity contribution in [2.45, 2.75) is 13.0 Å². The van der Waals surface area contributed by atoms with Crippen molar-refractivity contribution in [2.24, 2.45) is 0 Å². The molecule has 3 heterocycles. The Bertz CT molecular complexity index is 1180. The third-order valence-electron chi connectivity index (χ3n) is 5.65. The van der Waals surface area contributed by atoms with Gasteiger partial charge in [0.25, 0.3) is 0 Å². The van der Waals surface area contributed by atoms with Crippen LogP contribution >= 0.6 is 0 Å². The molecule has 0 bridgehead atoms. The molecule has 8 nitrogen and oxygen atoms in total. The van der Waals surface area contributed by atoms with Crippen LogP contribution in [0.5, 0.6) is 0 Å². The predicted octanol–water partition coefficient (Wildman–Crippen LogP) is 1.75. The van der Waals surface area contributed by atoms with Crippen LogP contribution in [-0.4, -0.2) is 55.4 Å². The van der Waals surface area contributed by atoms with E-state index >= 15 is 0 Å². The number of nitrogens with one attached hydrogen (secondary N) is 2. The lowest BCUT2D eigenvalue weighted by Gasteiger charge is -2.29. The summed E-state index contributed by atoms with van der Waals surface area (Å²) in [7, 11) is -3.76. The Balaban J connectivity index is 1.48. The van der Waals surface area contributed by atoms with E-state index in [1.807, 2.05) is 42.5 Å². The van der Waals surface area contributed by atoms with Crippen LogP contribution < -0.4 is 14.9 Å². The summed E-state index contributed by atoms with van der Waals surface area (Å²) in [4.78, 5) is 11.4. The molecule has 2 aromatic carbocycles. The molecule has 1 aromatic heterocycles. The number of piperazine rings is 1. The van der Waals surface area contributed by atoms with Gasteiger partial charge < -0.3 is 10.2 Å². The molecule has 0 amide bonds. The second-order valence-corrected chi connectivity index (χ2v) is 9.26. The molecule has 2 aliphatic heterocycles. The average Bonchev–Trinajstić information content (AvgIpc) is 2.79. The number of benzene rings is 2. The van der Waals surface area contributed by atoms with Crippen molar-refractivity contribution >= 4 is 32.9 Å². The lowest BCUT2D eigenvalue weighted by molar-refractivity contribution is 0.394. The molecular weight excluding hydrogens is 400 g/mol. The maximum absolute atomic E-state index is 13.2. The molecule has 1 saturated heterocycles. The van der Waals surface area contributed by atoms with Crippen LogP contribution in [0, 0.1) is 0 Å². The van der Waals surface area contributed by atoms with E-state index in [0.717, 1.165) is 37.3 Å². The van der Waals surface area contributed by atoms with Crippen LogP contribution in [-0.2, 0) is 23.2 Å². The zero-order valence-electron chi connectivity index (χ0n) is 16.6. The predicted molar refractivity (Wildman–Crippen MR) is 118 cm³/mol. The second-order valence-electron chi connectivity index (χ2n) is 7.59. The van der Waals surface area contributed by atoms with E-state index in [9.17, 15) is 8.42 Å². The molecule has 2 N–H and O–H groups in total. The molecule has 156 valence electrons. The number of hydrogen-bond donors (Lipinski definition) is 2.